The second-order valence-electron chi connectivity index (χ2n) is 4.91. The van der Waals surface area contributed by atoms with E-state index < -0.39 is 0 Å². The molecule has 1 amide bonds. The normalized spacial score (nSPS) is 10.2. The minimum absolute atomic E-state index is 0.114. The molecular weight excluding hydrogens is 262 g/mol. The fourth-order valence-electron chi connectivity index (χ4n) is 1.99. The molecule has 1 aromatic carbocycles. The lowest BCUT2D eigenvalue weighted by molar-refractivity contribution is 0.0948. The molecule has 4 nitrogen and oxygen atoms in total. The van der Waals surface area contributed by atoms with Crippen LogP contribution in [0, 0.1) is 0 Å². The first-order valence-corrected chi connectivity index (χ1v) is 7.25. The van der Waals surface area contributed by atoms with Crippen LogP contribution in [0.2, 0.25) is 0 Å². The summed E-state index contributed by atoms with van der Waals surface area (Å²) in [4.78, 5) is 18.2. The van der Waals surface area contributed by atoms with E-state index in [4.69, 9.17) is 0 Å². The highest BCUT2D eigenvalue weighted by atomic mass is 16.1. The minimum atomic E-state index is -0.114. The van der Waals surface area contributed by atoms with Gasteiger partial charge in [0.25, 0.3) is 5.91 Å². The lowest BCUT2D eigenvalue weighted by Gasteiger charge is -2.19. The molecule has 1 heterocycles. The third kappa shape index (κ3) is 4.05. The van der Waals surface area contributed by atoms with Crippen molar-refractivity contribution in [2.45, 2.75) is 19.8 Å². The summed E-state index contributed by atoms with van der Waals surface area (Å²) in [5, 5.41) is 2.87. The molecule has 0 bridgehead atoms. The summed E-state index contributed by atoms with van der Waals surface area (Å²) >= 11 is 0. The maximum Gasteiger partial charge on any atom is 0.269 e. The van der Waals surface area contributed by atoms with E-state index in [1.165, 1.54) is 0 Å². The van der Waals surface area contributed by atoms with Gasteiger partial charge in [-0.1, -0.05) is 31.5 Å². The molecule has 0 fully saturated rings. The summed E-state index contributed by atoms with van der Waals surface area (Å²) in [6, 6.07) is 13.7. The Bertz CT molecular complexity index is 566. The number of nitrogens with one attached hydrogen (secondary N) is 1. The topological polar surface area (TPSA) is 45.2 Å². The highest BCUT2D eigenvalue weighted by Gasteiger charge is 2.08. The first-order valence-electron chi connectivity index (χ1n) is 7.25. The molecule has 0 unspecified atom stereocenters. The van der Waals surface area contributed by atoms with E-state index in [1.54, 1.807) is 12.3 Å². The molecule has 0 radical (unpaired) electrons. The Morgan fingerprint density at radius 3 is 2.52 bits per heavy atom. The molecule has 0 atom stereocenters. The van der Waals surface area contributed by atoms with Crippen molar-refractivity contribution >= 4 is 17.3 Å². The van der Waals surface area contributed by atoms with E-state index >= 15 is 0 Å². The number of rotatable bonds is 6. The summed E-state index contributed by atoms with van der Waals surface area (Å²) < 4.78 is 0. The Kier molecular flexibility index (Phi) is 5.32. The second-order valence-corrected chi connectivity index (χ2v) is 4.91. The van der Waals surface area contributed by atoms with Crippen LogP contribution in [-0.2, 0) is 0 Å². The zero-order valence-electron chi connectivity index (χ0n) is 12.5. The lowest BCUT2D eigenvalue weighted by Crippen LogP contribution is -2.25. The van der Waals surface area contributed by atoms with E-state index in [0.29, 0.717) is 12.2 Å². The summed E-state index contributed by atoms with van der Waals surface area (Å²) in [6.45, 7) is 2.79. The zero-order valence-corrected chi connectivity index (χ0v) is 12.5. The molecule has 110 valence electrons. The first kappa shape index (κ1) is 15.0. The first-order chi connectivity index (χ1) is 10.2. The van der Waals surface area contributed by atoms with Crippen LogP contribution >= 0.6 is 0 Å². The number of unbranched alkanes of at least 4 members (excludes halogenated alkanes) is 1. The third-order valence-corrected chi connectivity index (χ3v) is 3.33. The number of pyridine rings is 1. The van der Waals surface area contributed by atoms with Crippen molar-refractivity contribution in [1.29, 1.82) is 0 Å². The number of carbonyl (C=O) groups excluding carboxylic acids is 1. The Morgan fingerprint density at radius 1 is 1.14 bits per heavy atom. The van der Waals surface area contributed by atoms with E-state index in [9.17, 15) is 4.79 Å². The maximum absolute atomic E-state index is 11.9. The van der Waals surface area contributed by atoms with Gasteiger partial charge in [0.2, 0.25) is 0 Å². The van der Waals surface area contributed by atoms with Crippen LogP contribution in [0.1, 0.15) is 30.3 Å². The number of hydrogen-bond donors (Lipinski definition) is 1. The second kappa shape index (κ2) is 7.43. The van der Waals surface area contributed by atoms with Gasteiger partial charge >= 0.3 is 0 Å². The molecule has 0 saturated heterocycles. The van der Waals surface area contributed by atoms with Crippen molar-refractivity contribution in [3.8, 4) is 0 Å². The predicted molar refractivity (Wildman–Crippen MR) is 86.0 cm³/mol. The van der Waals surface area contributed by atoms with E-state index in [0.717, 1.165) is 24.2 Å². The molecule has 0 aliphatic carbocycles. The average Bonchev–Trinajstić information content (AvgIpc) is 2.55. The van der Waals surface area contributed by atoms with Crippen LogP contribution in [0.4, 0.5) is 11.4 Å². The Labute approximate surface area is 125 Å². The molecule has 4 heteroatoms. The van der Waals surface area contributed by atoms with Crippen LogP contribution in [0.3, 0.4) is 0 Å². The number of anilines is 2. The molecular formula is C17H21N3O. The zero-order chi connectivity index (χ0) is 15.1. The van der Waals surface area contributed by atoms with Gasteiger partial charge < -0.3 is 10.2 Å². The van der Waals surface area contributed by atoms with Gasteiger partial charge in [-0.15, -0.1) is 0 Å². The molecule has 0 spiro atoms. The van der Waals surface area contributed by atoms with E-state index in [2.05, 4.69) is 17.2 Å². The number of carbonyl (C=O) groups is 1. The Balaban J connectivity index is 2.03. The van der Waals surface area contributed by atoms with Crippen molar-refractivity contribution in [1.82, 2.24) is 10.3 Å². The number of nitrogens with zero attached hydrogens (tertiary/aromatic N) is 2. The number of amides is 1. The van der Waals surface area contributed by atoms with Gasteiger partial charge in [-0.3, -0.25) is 4.79 Å². The van der Waals surface area contributed by atoms with Gasteiger partial charge in [-0.05, 0) is 30.7 Å². The molecule has 0 aliphatic rings. The monoisotopic (exact) mass is 283 g/mol. The lowest BCUT2D eigenvalue weighted by atomic mass is 10.2. The van der Waals surface area contributed by atoms with Gasteiger partial charge in [-0.2, -0.15) is 0 Å². The van der Waals surface area contributed by atoms with Crippen molar-refractivity contribution in [3.05, 3.63) is 54.4 Å². The highest BCUT2D eigenvalue weighted by molar-refractivity contribution is 5.92. The third-order valence-electron chi connectivity index (χ3n) is 3.33. The van der Waals surface area contributed by atoms with Crippen molar-refractivity contribution in [2.24, 2.45) is 0 Å². The largest absolute Gasteiger partial charge is 0.351 e. The summed E-state index contributed by atoms with van der Waals surface area (Å²) in [5.41, 5.74) is 2.49. The standard InChI is InChI=1S/C17H21N3O/c1-3-4-12-18-17(21)16-11-10-15(13-19-16)20(2)14-8-6-5-7-9-14/h5-11,13H,3-4,12H2,1-2H3,(H,18,21). The minimum Gasteiger partial charge on any atom is -0.351 e. The van der Waals surface area contributed by atoms with Crippen LogP contribution in [0.25, 0.3) is 0 Å². The molecule has 2 rings (SSSR count). The molecule has 2 aromatic rings. The highest BCUT2D eigenvalue weighted by Crippen LogP contribution is 2.22. The Morgan fingerprint density at radius 2 is 1.90 bits per heavy atom. The number of para-hydroxylation sites is 1. The number of benzene rings is 1. The van der Waals surface area contributed by atoms with Crippen LogP contribution in [0.15, 0.2) is 48.7 Å². The van der Waals surface area contributed by atoms with E-state index in [1.807, 2.05) is 48.3 Å². The fourth-order valence-corrected chi connectivity index (χ4v) is 1.99. The van der Waals surface area contributed by atoms with E-state index in [-0.39, 0.29) is 5.91 Å². The van der Waals surface area contributed by atoms with Crippen LogP contribution < -0.4 is 10.2 Å². The van der Waals surface area contributed by atoms with Crippen molar-refractivity contribution < 1.29 is 4.79 Å². The summed E-state index contributed by atoms with van der Waals surface area (Å²) in [5.74, 6) is -0.114. The van der Waals surface area contributed by atoms with Gasteiger partial charge in [0, 0.05) is 19.3 Å². The molecule has 1 aromatic heterocycles. The Hall–Kier alpha value is -2.36. The average molecular weight is 283 g/mol. The van der Waals surface area contributed by atoms with Crippen molar-refractivity contribution in [3.63, 3.8) is 0 Å². The van der Waals surface area contributed by atoms with Gasteiger partial charge in [0.05, 0.1) is 11.9 Å². The quantitative estimate of drug-likeness (QED) is 0.827. The van der Waals surface area contributed by atoms with Crippen molar-refractivity contribution in [2.75, 3.05) is 18.5 Å². The van der Waals surface area contributed by atoms with Gasteiger partial charge in [0.1, 0.15) is 5.69 Å². The van der Waals surface area contributed by atoms with Gasteiger partial charge in [-0.25, -0.2) is 4.98 Å². The SMILES string of the molecule is CCCCNC(=O)c1ccc(N(C)c2ccccc2)cn1. The molecule has 0 aliphatic heterocycles. The molecule has 21 heavy (non-hydrogen) atoms. The van der Waals surface area contributed by atoms with Crippen LogP contribution in [0.5, 0.6) is 0 Å². The molecule has 0 saturated carbocycles. The van der Waals surface area contributed by atoms with Crippen LogP contribution in [-0.4, -0.2) is 24.5 Å². The number of aromatic nitrogens is 1. The number of hydrogen-bond acceptors (Lipinski definition) is 3. The maximum atomic E-state index is 11.9. The summed E-state index contributed by atoms with van der Waals surface area (Å²) in [7, 11) is 1.98. The fraction of sp³-hybridized carbons (Fsp3) is 0.294. The van der Waals surface area contributed by atoms with Gasteiger partial charge in [0.15, 0.2) is 0 Å². The smallest absolute Gasteiger partial charge is 0.269 e. The predicted octanol–water partition coefficient (Wildman–Crippen LogP) is 3.38. The summed E-state index contributed by atoms with van der Waals surface area (Å²) in [6.07, 6.45) is 3.77. The molecule has 1 N–H and O–H groups in total.